The summed E-state index contributed by atoms with van der Waals surface area (Å²) in [6.07, 6.45) is 0. The second-order valence-electron chi connectivity index (χ2n) is 5.10. The molecule has 1 aliphatic heterocycles. The van der Waals surface area contributed by atoms with E-state index in [9.17, 15) is 0 Å². The number of halogens is 1. The highest BCUT2D eigenvalue weighted by molar-refractivity contribution is 9.10. The van der Waals surface area contributed by atoms with E-state index in [4.69, 9.17) is 5.73 Å². The Hall–Kier alpha value is -0.420. The number of rotatable bonds is 3. The largest absolute Gasteiger partial charge is 0.329 e. The Bertz CT molecular complexity index is 396. The Morgan fingerprint density at radius 1 is 1.39 bits per heavy atom. The monoisotopic (exact) mass is 311 g/mol. The lowest BCUT2D eigenvalue weighted by molar-refractivity contribution is 0.0739. The van der Waals surface area contributed by atoms with Crippen LogP contribution in [0.25, 0.3) is 0 Å². The summed E-state index contributed by atoms with van der Waals surface area (Å²) in [5.41, 5.74) is 7.31. The van der Waals surface area contributed by atoms with Gasteiger partial charge in [0, 0.05) is 42.7 Å². The van der Waals surface area contributed by atoms with Gasteiger partial charge >= 0.3 is 0 Å². The molecule has 0 aromatic heterocycles. The average molecular weight is 312 g/mol. The zero-order valence-electron chi connectivity index (χ0n) is 11.1. The molecule has 2 atom stereocenters. The number of hydrogen-bond donors (Lipinski definition) is 1. The molecule has 4 heteroatoms. The van der Waals surface area contributed by atoms with Gasteiger partial charge in [-0.3, -0.25) is 4.90 Å². The molecule has 2 unspecified atom stereocenters. The van der Waals surface area contributed by atoms with Gasteiger partial charge in [0.05, 0.1) is 0 Å². The minimum atomic E-state index is 0.316. The van der Waals surface area contributed by atoms with Crippen LogP contribution >= 0.6 is 15.9 Å². The van der Waals surface area contributed by atoms with Crippen molar-refractivity contribution in [2.45, 2.75) is 19.0 Å². The van der Waals surface area contributed by atoms with Crippen molar-refractivity contribution in [2.75, 3.05) is 33.2 Å². The van der Waals surface area contributed by atoms with Gasteiger partial charge in [0.1, 0.15) is 0 Å². The molecule has 0 amide bonds. The van der Waals surface area contributed by atoms with Gasteiger partial charge in [-0.15, -0.1) is 0 Å². The lowest BCUT2D eigenvalue weighted by Gasteiger charge is -2.41. The molecule has 1 heterocycles. The summed E-state index contributed by atoms with van der Waals surface area (Å²) >= 11 is 3.64. The molecule has 100 valence electrons. The Labute approximate surface area is 118 Å². The second-order valence-corrected chi connectivity index (χ2v) is 5.95. The van der Waals surface area contributed by atoms with Crippen molar-refractivity contribution in [2.24, 2.45) is 5.73 Å². The third-order valence-corrected chi connectivity index (χ3v) is 4.64. The maximum absolute atomic E-state index is 6.01. The predicted octanol–water partition coefficient (Wildman–Crippen LogP) is 2.08. The van der Waals surface area contributed by atoms with Crippen LogP contribution < -0.4 is 5.73 Å². The lowest BCUT2D eigenvalue weighted by Crippen LogP contribution is -2.52. The molecule has 1 aliphatic rings. The first-order valence-corrected chi connectivity index (χ1v) is 7.31. The molecular weight excluding hydrogens is 290 g/mol. The quantitative estimate of drug-likeness (QED) is 0.927. The number of piperazine rings is 1. The van der Waals surface area contributed by atoms with Gasteiger partial charge in [0.15, 0.2) is 0 Å². The number of benzene rings is 1. The molecule has 2 rings (SSSR count). The molecule has 3 nitrogen and oxygen atoms in total. The summed E-state index contributed by atoms with van der Waals surface area (Å²) in [5.74, 6) is 0. The Kier molecular flexibility index (Phi) is 4.78. The van der Waals surface area contributed by atoms with Gasteiger partial charge in [0.2, 0.25) is 0 Å². The molecule has 1 aromatic rings. The highest BCUT2D eigenvalue weighted by Crippen LogP contribution is 2.28. The maximum Gasteiger partial charge on any atom is 0.0482 e. The van der Waals surface area contributed by atoms with E-state index in [0.29, 0.717) is 18.6 Å². The number of likely N-dealkylation sites (N-methyl/N-ethyl adjacent to an activating group) is 1. The summed E-state index contributed by atoms with van der Waals surface area (Å²) in [4.78, 5) is 4.91. The molecule has 1 fully saturated rings. The molecule has 0 spiro atoms. The van der Waals surface area contributed by atoms with E-state index in [1.807, 2.05) is 6.07 Å². The Morgan fingerprint density at radius 2 is 2.11 bits per heavy atom. The molecule has 0 aliphatic carbocycles. The van der Waals surface area contributed by atoms with Crippen molar-refractivity contribution in [3.63, 3.8) is 0 Å². The number of nitrogens with zero attached hydrogens (tertiary/aromatic N) is 2. The minimum Gasteiger partial charge on any atom is -0.329 e. The highest BCUT2D eigenvalue weighted by atomic mass is 79.9. The summed E-state index contributed by atoms with van der Waals surface area (Å²) < 4.78 is 1.16. The van der Waals surface area contributed by atoms with Crippen LogP contribution in [0.3, 0.4) is 0 Å². The fraction of sp³-hybridized carbons (Fsp3) is 0.571. The van der Waals surface area contributed by atoms with Crippen molar-refractivity contribution in [1.29, 1.82) is 0 Å². The molecule has 1 aromatic carbocycles. The van der Waals surface area contributed by atoms with Crippen molar-refractivity contribution in [3.05, 3.63) is 34.3 Å². The molecular formula is C14H22BrN3. The van der Waals surface area contributed by atoms with Gasteiger partial charge in [-0.05, 0) is 25.6 Å². The summed E-state index contributed by atoms with van der Waals surface area (Å²) in [6.45, 7) is 6.23. The first-order chi connectivity index (χ1) is 8.63. The van der Waals surface area contributed by atoms with Crippen LogP contribution in [0.2, 0.25) is 0 Å². The van der Waals surface area contributed by atoms with Gasteiger partial charge in [-0.25, -0.2) is 0 Å². The van der Waals surface area contributed by atoms with Crippen LogP contribution in [0.4, 0.5) is 0 Å². The lowest BCUT2D eigenvalue weighted by atomic mass is 10.0. The smallest absolute Gasteiger partial charge is 0.0482 e. The topological polar surface area (TPSA) is 32.5 Å². The standard InChI is InChI=1S/C14H22BrN3/c1-11-10-18(8-7-17(11)2)14(9-16)12-5-3-4-6-13(12)15/h3-6,11,14H,7-10,16H2,1-2H3. The fourth-order valence-electron chi connectivity index (χ4n) is 2.58. The van der Waals surface area contributed by atoms with Crippen molar-refractivity contribution >= 4 is 15.9 Å². The van der Waals surface area contributed by atoms with Gasteiger partial charge in [0.25, 0.3) is 0 Å². The summed E-state index contributed by atoms with van der Waals surface area (Å²) in [5, 5.41) is 0. The fourth-order valence-corrected chi connectivity index (χ4v) is 3.13. The first kappa shape index (κ1) is 14.0. The van der Waals surface area contributed by atoms with Crippen molar-refractivity contribution in [3.8, 4) is 0 Å². The molecule has 0 bridgehead atoms. The van der Waals surface area contributed by atoms with E-state index < -0.39 is 0 Å². The van der Waals surface area contributed by atoms with Crippen molar-refractivity contribution < 1.29 is 0 Å². The van der Waals surface area contributed by atoms with Gasteiger partial charge in [-0.2, -0.15) is 0 Å². The van der Waals surface area contributed by atoms with Crippen molar-refractivity contribution in [1.82, 2.24) is 9.80 Å². The van der Waals surface area contributed by atoms with E-state index in [0.717, 1.165) is 24.1 Å². The van der Waals surface area contributed by atoms with Crippen LogP contribution in [0.15, 0.2) is 28.7 Å². The molecule has 18 heavy (non-hydrogen) atoms. The van der Waals surface area contributed by atoms with E-state index in [2.05, 4.69) is 57.9 Å². The van der Waals surface area contributed by atoms with E-state index in [-0.39, 0.29) is 0 Å². The highest BCUT2D eigenvalue weighted by Gasteiger charge is 2.27. The van der Waals surface area contributed by atoms with Gasteiger partial charge < -0.3 is 10.6 Å². The van der Waals surface area contributed by atoms with Gasteiger partial charge in [-0.1, -0.05) is 34.1 Å². The minimum absolute atomic E-state index is 0.316. The maximum atomic E-state index is 6.01. The second kappa shape index (κ2) is 6.15. The van der Waals surface area contributed by atoms with Crippen LogP contribution in [0.1, 0.15) is 18.5 Å². The molecule has 0 saturated carbocycles. The Morgan fingerprint density at radius 3 is 2.72 bits per heavy atom. The zero-order valence-corrected chi connectivity index (χ0v) is 12.7. The van der Waals surface area contributed by atoms with Crippen LogP contribution in [0.5, 0.6) is 0 Å². The molecule has 2 N–H and O–H groups in total. The van der Waals surface area contributed by atoms with E-state index in [1.165, 1.54) is 5.56 Å². The van der Waals surface area contributed by atoms with Crippen LogP contribution in [-0.4, -0.2) is 49.1 Å². The number of hydrogen-bond acceptors (Lipinski definition) is 3. The third-order valence-electron chi connectivity index (χ3n) is 3.92. The third kappa shape index (κ3) is 2.94. The Balaban J connectivity index is 2.17. The SMILES string of the molecule is CC1CN(C(CN)c2ccccc2Br)CCN1C. The summed E-state index contributed by atoms with van der Waals surface area (Å²) in [6, 6.07) is 9.31. The first-order valence-electron chi connectivity index (χ1n) is 6.52. The predicted molar refractivity (Wildman–Crippen MR) is 79.6 cm³/mol. The average Bonchev–Trinajstić information content (AvgIpc) is 2.37. The molecule has 0 radical (unpaired) electrons. The number of nitrogens with two attached hydrogens (primary N) is 1. The van der Waals surface area contributed by atoms with Crippen LogP contribution in [-0.2, 0) is 0 Å². The van der Waals surface area contributed by atoms with E-state index >= 15 is 0 Å². The zero-order chi connectivity index (χ0) is 13.1. The molecule has 1 saturated heterocycles. The van der Waals surface area contributed by atoms with Crippen LogP contribution in [0, 0.1) is 0 Å². The van der Waals surface area contributed by atoms with E-state index in [1.54, 1.807) is 0 Å². The summed E-state index contributed by atoms with van der Waals surface area (Å²) in [7, 11) is 2.19. The normalized spacial score (nSPS) is 24.1.